The van der Waals surface area contributed by atoms with Crippen LogP contribution in [-0.4, -0.2) is 36.8 Å². The van der Waals surface area contributed by atoms with Gasteiger partial charge >= 0.3 is 6.03 Å². The first-order chi connectivity index (χ1) is 10.7. The van der Waals surface area contributed by atoms with Crippen molar-refractivity contribution in [2.75, 3.05) is 19.7 Å². The van der Waals surface area contributed by atoms with Crippen molar-refractivity contribution in [1.29, 1.82) is 0 Å². The first kappa shape index (κ1) is 16.3. The minimum atomic E-state index is -0.670. The average molecular weight is 304 g/mol. The summed E-state index contributed by atoms with van der Waals surface area (Å²) < 4.78 is 5.83. The van der Waals surface area contributed by atoms with E-state index in [9.17, 15) is 4.79 Å². The van der Waals surface area contributed by atoms with E-state index in [1.165, 1.54) is 12.8 Å². The highest BCUT2D eigenvalue weighted by Crippen LogP contribution is 2.23. The topological polar surface area (TPSA) is 80.0 Å². The first-order valence-electron chi connectivity index (χ1n) is 7.75. The fourth-order valence-electron chi connectivity index (χ4n) is 2.51. The minimum Gasteiger partial charge on any atom is -0.493 e. The van der Waals surface area contributed by atoms with Crippen molar-refractivity contribution in [3.8, 4) is 5.75 Å². The summed E-state index contributed by atoms with van der Waals surface area (Å²) in [5.74, 6) is 0.925. The lowest BCUT2D eigenvalue weighted by Gasteiger charge is -2.18. The third-order valence-corrected chi connectivity index (χ3v) is 3.53. The van der Waals surface area contributed by atoms with Crippen molar-refractivity contribution in [3.63, 3.8) is 0 Å². The number of ether oxygens (including phenoxy) is 1. The van der Waals surface area contributed by atoms with E-state index < -0.39 is 6.03 Å². The molecule has 1 heterocycles. The largest absolute Gasteiger partial charge is 0.493 e. The molecular formula is C16H24N4O2. The van der Waals surface area contributed by atoms with Crippen LogP contribution in [0.2, 0.25) is 0 Å². The smallest absolute Gasteiger partial charge is 0.332 e. The minimum absolute atomic E-state index is 0.670. The van der Waals surface area contributed by atoms with Gasteiger partial charge in [-0.2, -0.15) is 5.10 Å². The number of likely N-dealkylation sites (tertiary alicyclic amines) is 1. The monoisotopic (exact) mass is 304 g/mol. The highest BCUT2D eigenvalue weighted by molar-refractivity contribution is 5.82. The summed E-state index contributed by atoms with van der Waals surface area (Å²) in [5, 5.41) is 3.80. The maximum atomic E-state index is 10.6. The number of urea groups is 1. The number of primary amides is 1. The summed E-state index contributed by atoms with van der Waals surface area (Å²) >= 11 is 0. The fourth-order valence-corrected chi connectivity index (χ4v) is 2.51. The summed E-state index contributed by atoms with van der Waals surface area (Å²) in [6.45, 7) is 5.95. The molecule has 1 aromatic rings. The number of hydrogen-bond acceptors (Lipinski definition) is 4. The zero-order valence-corrected chi connectivity index (χ0v) is 13.0. The molecule has 6 heteroatoms. The summed E-state index contributed by atoms with van der Waals surface area (Å²) in [4.78, 5) is 13.1. The molecule has 6 nitrogen and oxygen atoms in total. The van der Waals surface area contributed by atoms with Crippen LogP contribution in [0.5, 0.6) is 5.75 Å². The average Bonchev–Trinajstić information content (AvgIpc) is 2.99. The Bertz CT molecular complexity index is 525. The standard InChI is InChI=1S/C16H24N4O2/c1-2-9-22-15-6-5-13(11-18-19-16(17)21)10-14(15)12-20-7-3-4-8-20/h5-6,10-11H,2-4,7-9,12H2,1H3,(H3,17,19,21). The van der Waals surface area contributed by atoms with E-state index in [1.807, 2.05) is 12.1 Å². The van der Waals surface area contributed by atoms with Crippen molar-refractivity contribution >= 4 is 12.2 Å². The first-order valence-corrected chi connectivity index (χ1v) is 7.75. The summed E-state index contributed by atoms with van der Waals surface area (Å²) in [6, 6.07) is 5.27. The molecule has 2 amide bonds. The van der Waals surface area contributed by atoms with Gasteiger partial charge in [0.2, 0.25) is 0 Å². The van der Waals surface area contributed by atoms with Crippen molar-refractivity contribution < 1.29 is 9.53 Å². The molecule has 1 aromatic carbocycles. The van der Waals surface area contributed by atoms with Gasteiger partial charge in [-0.25, -0.2) is 10.2 Å². The van der Waals surface area contributed by atoms with Gasteiger partial charge in [0.15, 0.2) is 0 Å². The number of hydrazone groups is 1. The lowest BCUT2D eigenvalue weighted by Crippen LogP contribution is -2.24. The highest BCUT2D eigenvalue weighted by Gasteiger charge is 2.14. The van der Waals surface area contributed by atoms with E-state index in [0.717, 1.165) is 42.9 Å². The van der Waals surface area contributed by atoms with Gasteiger partial charge in [0.1, 0.15) is 5.75 Å². The number of nitrogens with zero attached hydrogens (tertiary/aromatic N) is 2. The second-order valence-corrected chi connectivity index (χ2v) is 5.43. The molecule has 0 atom stereocenters. The van der Waals surface area contributed by atoms with E-state index in [4.69, 9.17) is 10.5 Å². The highest BCUT2D eigenvalue weighted by atomic mass is 16.5. The third-order valence-electron chi connectivity index (χ3n) is 3.53. The number of nitrogens with two attached hydrogens (primary N) is 1. The Balaban J connectivity index is 2.12. The molecule has 0 aromatic heterocycles. The zero-order valence-electron chi connectivity index (χ0n) is 13.0. The van der Waals surface area contributed by atoms with E-state index in [0.29, 0.717) is 6.61 Å². The predicted molar refractivity (Wildman–Crippen MR) is 87.1 cm³/mol. The van der Waals surface area contributed by atoms with Gasteiger partial charge in [0, 0.05) is 12.1 Å². The van der Waals surface area contributed by atoms with Gasteiger partial charge in [-0.3, -0.25) is 4.90 Å². The van der Waals surface area contributed by atoms with Crippen molar-refractivity contribution in [2.45, 2.75) is 32.7 Å². The van der Waals surface area contributed by atoms with Gasteiger partial charge in [-0.05, 0) is 56.1 Å². The molecule has 1 saturated heterocycles. The van der Waals surface area contributed by atoms with Gasteiger partial charge in [0.25, 0.3) is 0 Å². The number of rotatable bonds is 7. The van der Waals surface area contributed by atoms with Crippen LogP contribution >= 0.6 is 0 Å². The molecule has 1 aliphatic rings. The Kier molecular flexibility index (Phi) is 6.21. The van der Waals surface area contributed by atoms with Crippen LogP contribution in [0.15, 0.2) is 23.3 Å². The second kappa shape index (κ2) is 8.38. The molecule has 3 N–H and O–H groups in total. The van der Waals surface area contributed by atoms with E-state index in [-0.39, 0.29) is 0 Å². The van der Waals surface area contributed by atoms with E-state index in [2.05, 4.69) is 28.4 Å². The van der Waals surface area contributed by atoms with Crippen molar-refractivity contribution in [2.24, 2.45) is 10.8 Å². The predicted octanol–water partition coefficient (Wildman–Crippen LogP) is 2.07. The van der Waals surface area contributed by atoms with Crippen LogP contribution in [0.25, 0.3) is 0 Å². The third kappa shape index (κ3) is 5.04. The number of carbonyl (C=O) groups excluding carboxylic acids is 1. The number of amides is 2. The zero-order chi connectivity index (χ0) is 15.8. The summed E-state index contributed by atoms with van der Waals surface area (Å²) in [6.07, 6.45) is 5.08. The Hall–Kier alpha value is -2.08. The van der Waals surface area contributed by atoms with Crippen LogP contribution < -0.4 is 15.9 Å². The number of carbonyl (C=O) groups is 1. The Morgan fingerprint density at radius 3 is 2.91 bits per heavy atom. The van der Waals surface area contributed by atoms with Crippen LogP contribution in [0.3, 0.4) is 0 Å². The Morgan fingerprint density at radius 2 is 2.23 bits per heavy atom. The molecular weight excluding hydrogens is 280 g/mol. The van der Waals surface area contributed by atoms with E-state index >= 15 is 0 Å². The molecule has 120 valence electrons. The molecule has 0 bridgehead atoms. The maximum Gasteiger partial charge on any atom is 0.332 e. The van der Waals surface area contributed by atoms with Gasteiger partial charge in [-0.1, -0.05) is 6.92 Å². The van der Waals surface area contributed by atoms with Gasteiger partial charge in [-0.15, -0.1) is 0 Å². The molecule has 0 radical (unpaired) electrons. The molecule has 2 rings (SSSR count). The Labute approximate surface area is 131 Å². The number of benzene rings is 1. The molecule has 1 fully saturated rings. The maximum absolute atomic E-state index is 10.6. The van der Waals surface area contributed by atoms with Crippen molar-refractivity contribution in [1.82, 2.24) is 10.3 Å². The number of nitrogens with one attached hydrogen (secondary N) is 1. The van der Waals surface area contributed by atoms with E-state index in [1.54, 1.807) is 6.21 Å². The van der Waals surface area contributed by atoms with Crippen LogP contribution in [-0.2, 0) is 6.54 Å². The lowest BCUT2D eigenvalue weighted by atomic mass is 10.1. The summed E-state index contributed by atoms with van der Waals surface area (Å²) in [7, 11) is 0. The quantitative estimate of drug-likeness (QED) is 0.598. The molecule has 0 saturated carbocycles. The normalized spacial score (nSPS) is 15.3. The lowest BCUT2D eigenvalue weighted by molar-refractivity contribution is 0.249. The fraction of sp³-hybridized carbons (Fsp3) is 0.500. The Morgan fingerprint density at radius 1 is 1.45 bits per heavy atom. The van der Waals surface area contributed by atoms with Gasteiger partial charge in [0.05, 0.1) is 12.8 Å². The molecule has 0 unspecified atom stereocenters. The van der Waals surface area contributed by atoms with Crippen LogP contribution in [0.1, 0.15) is 37.3 Å². The molecule has 22 heavy (non-hydrogen) atoms. The molecule has 1 aliphatic heterocycles. The van der Waals surface area contributed by atoms with Crippen LogP contribution in [0, 0.1) is 0 Å². The van der Waals surface area contributed by atoms with Crippen LogP contribution in [0.4, 0.5) is 4.79 Å². The van der Waals surface area contributed by atoms with Crippen molar-refractivity contribution in [3.05, 3.63) is 29.3 Å². The number of hydrogen-bond donors (Lipinski definition) is 2. The molecule has 0 aliphatic carbocycles. The second-order valence-electron chi connectivity index (χ2n) is 5.43. The van der Waals surface area contributed by atoms with Gasteiger partial charge < -0.3 is 10.5 Å². The summed E-state index contributed by atoms with van der Waals surface area (Å²) in [5.41, 5.74) is 9.25. The molecule has 0 spiro atoms. The SMILES string of the molecule is CCCOc1ccc(C=NNC(N)=O)cc1CN1CCCC1.